The summed E-state index contributed by atoms with van der Waals surface area (Å²) in [6, 6.07) is 4.87. The highest BCUT2D eigenvalue weighted by molar-refractivity contribution is 6.34. The second kappa shape index (κ2) is 6.35. The summed E-state index contributed by atoms with van der Waals surface area (Å²) in [6.07, 6.45) is 0. The minimum Gasteiger partial charge on any atom is -0.460 e. The first-order valence-electron chi connectivity index (χ1n) is 4.95. The van der Waals surface area contributed by atoms with E-state index in [4.69, 9.17) is 26.8 Å². The van der Waals surface area contributed by atoms with E-state index in [0.29, 0.717) is 23.9 Å². The summed E-state index contributed by atoms with van der Waals surface area (Å²) in [6.45, 7) is 3.02. The Morgan fingerprint density at radius 2 is 2.19 bits per heavy atom. The van der Waals surface area contributed by atoms with Crippen LogP contribution >= 0.6 is 11.6 Å². The number of carbonyl (C=O) groups is 1. The molecule has 0 spiro atoms. The van der Waals surface area contributed by atoms with Crippen molar-refractivity contribution >= 4 is 23.3 Å². The van der Waals surface area contributed by atoms with E-state index in [2.05, 4.69) is 0 Å². The Kier molecular flexibility index (Phi) is 5.08. The monoisotopic (exact) mass is 243 g/mol. The van der Waals surface area contributed by atoms with Gasteiger partial charge in [0, 0.05) is 12.3 Å². The van der Waals surface area contributed by atoms with Crippen molar-refractivity contribution in [2.75, 3.05) is 25.6 Å². The maximum atomic E-state index is 11.6. The van der Waals surface area contributed by atoms with Gasteiger partial charge in [0.25, 0.3) is 0 Å². The fraction of sp³-hybridized carbons (Fsp3) is 0.364. The lowest BCUT2D eigenvalue weighted by Crippen LogP contribution is -2.13. The van der Waals surface area contributed by atoms with Gasteiger partial charge in [0.15, 0.2) is 0 Å². The summed E-state index contributed by atoms with van der Waals surface area (Å²) >= 11 is 5.85. The van der Waals surface area contributed by atoms with E-state index in [1.807, 2.05) is 6.92 Å². The predicted molar refractivity (Wildman–Crippen MR) is 62.6 cm³/mol. The van der Waals surface area contributed by atoms with Crippen LogP contribution in [0.4, 0.5) is 5.69 Å². The molecular weight excluding hydrogens is 230 g/mol. The summed E-state index contributed by atoms with van der Waals surface area (Å²) in [5.41, 5.74) is 6.16. The summed E-state index contributed by atoms with van der Waals surface area (Å²) in [5, 5.41) is 0.293. The molecule has 16 heavy (non-hydrogen) atoms. The van der Waals surface area contributed by atoms with Gasteiger partial charge < -0.3 is 15.2 Å². The van der Waals surface area contributed by atoms with Crippen LogP contribution in [-0.2, 0) is 9.47 Å². The van der Waals surface area contributed by atoms with Gasteiger partial charge in [0.1, 0.15) is 12.2 Å². The quantitative estimate of drug-likeness (QED) is 0.489. The van der Waals surface area contributed by atoms with E-state index in [0.717, 1.165) is 0 Å². The van der Waals surface area contributed by atoms with Gasteiger partial charge in [-0.25, -0.2) is 4.79 Å². The Morgan fingerprint density at radius 1 is 1.44 bits per heavy atom. The Labute approximate surface area is 99.3 Å². The molecule has 0 saturated heterocycles. The number of carbonyl (C=O) groups excluding carboxylic acids is 1. The van der Waals surface area contributed by atoms with E-state index < -0.39 is 5.97 Å². The maximum absolute atomic E-state index is 11.6. The molecule has 0 saturated carbocycles. The van der Waals surface area contributed by atoms with Gasteiger partial charge in [-0.1, -0.05) is 17.7 Å². The molecule has 0 heterocycles. The highest BCUT2D eigenvalue weighted by atomic mass is 35.5. The third-order valence-corrected chi connectivity index (χ3v) is 2.23. The van der Waals surface area contributed by atoms with Crippen LogP contribution < -0.4 is 5.73 Å². The Balaban J connectivity index is 2.59. The van der Waals surface area contributed by atoms with Gasteiger partial charge in [-0.15, -0.1) is 0 Å². The Bertz CT molecular complexity index is 348. The number of hydrogen-bond acceptors (Lipinski definition) is 4. The third-order valence-electron chi connectivity index (χ3n) is 1.91. The molecule has 0 unspecified atom stereocenters. The van der Waals surface area contributed by atoms with Crippen molar-refractivity contribution in [3.05, 3.63) is 28.8 Å². The standard InChI is InChI=1S/C11H14ClNO3/c1-2-15-6-7-16-11(14)10-8(12)4-3-5-9(10)13/h3-5H,2,6-7,13H2,1H3. The molecule has 0 radical (unpaired) electrons. The van der Waals surface area contributed by atoms with E-state index in [1.165, 1.54) is 0 Å². The van der Waals surface area contributed by atoms with E-state index >= 15 is 0 Å². The first kappa shape index (κ1) is 12.8. The molecular formula is C11H14ClNO3. The minimum absolute atomic E-state index is 0.192. The largest absolute Gasteiger partial charge is 0.460 e. The first-order chi connectivity index (χ1) is 7.66. The predicted octanol–water partition coefficient (Wildman–Crippen LogP) is 2.12. The average Bonchev–Trinajstić information content (AvgIpc) is 2.24. The van der Waals surface area contributed by atoms with E-state index in [-0.39, 0.29) is 12.2 Å². The van der Waals surface area contributed by atoms with Crippen LogP contribution in [0.1, 0.15) is 17.3 Å². The summed E-state index contributed by atoms with van der Waals surface area (Å²) < 4.78 is 10.0. The molecule has 1 aromatic rings. The second-order valence-electron chi connectivity index (χ2n) is 3.04. The molecule has 0 aliphatic carbocycles. The molecule has 1 aromatic carbocycles. The molecule has 0 amide bonds. The molecule has 0 atom stereocenters. The highest BCUT2D eigenvalue weighted by Gasteiger charge is 2.14. The van der Waals surface area contributed by atoms with Crippen LogP contribution in [0.25, 0.3) is 0 Å². The summed E-state index contributed by atoms with van der Waals surface area (Å²) in [4.78, 5) is 11.6. The van der Waals surface area contributed by atoms with Crippen molar-refractivity contribution in [2.24, 2.45) is 0 Å². The number of nitrogens with two attached hydrogens (primary N) is 1. The Morgan fingerprint density at radius 3 is 2.81 bits per heavy atom. The van der Waals surface area contributed by atoms with Crippen molar-refractivity contribution < 1.29 is 14.3 Å². The van der Waals surface area contributed by atoms with Crippen molar-refractivity contribution in [3.63, 3.8) is 0 Å². The number of benzene rings is 1. The highest BCUT2D eigenvalue weighted by Crippen LogP contribution is 2.22. The van der Waals surface area contributed by atoms with Gasteiger partial charge in [-0.2, -0.15) is 0 Å². The molecule has 0 aliphatic rings. The molecule has 1 rings (SSSR count). The fourth-order valence-electron chi connectivity index (χ4n) is 1.17. The van der Waals surface area contributed by atoms with Crippen LogP contribution in [0.2, 0.25) is 5.02 Å². The molecule has 0 bridgehead atoms. The van der Waals surface area contributed by atoms with Crippen molar-refractivity contribution in [1.29, 1.82) is 0 Å². The molecule has 0 fully saturated rings. The van der Waals surface area contributed by atoms with Crippen molar-refractivity contribution in [1.82, 2.24) is 0 Å². The maximum Gasteiger partial charge on any atom is 0.341 e. The first-order valence-corrected chi connectivity index (χ1v) is 5.33. The summed E-state index contributed by atoms with van der Waals surface area (Å²) in [5.74, 6) is -0.525. The molecule has 0 aromatic heterocycles. The summed E-state index contributed by atoms with van der Waals surface area (Å²) in [7, 11) is 0. The third kappa shape index (κ3) is 3.40. The van der Waals surface area contributed by atoms with Crippen LogP contribution in [0.15, 0.2) is 18.2 Å². The molecule has 4 nitrogen and oxygen atoms in total. The zero-order chi connectivity index (χ0) is 12.0. The van der Waals surface area contributed by atoms with Crippen LogP contribution in [0.5, 0.6) is 0 Å². The number of rotatable bonds is 5. The fourth-order valence-corrected chi connectivity index (χ4v) is 1.42. The number of anilines is 1. The van der Waals surface area contributed by atoms with Crippen LogP contribution in [-0.4, -0.2) is 25.8 Å². The lowest BCUT2D eigenvalue weighted by molar-refractivity contribution is 0.0336. The average molecular weight is 244 g/mol. The molecule has 88 valence electrons. The lowest BCUT2D eigenvalue weighted by Gasteiger charge is -2.08. The van der Waals surface area contributed by atoms with Gasteiger partial charge in [-0.05, 0) is 19.1 Å². The molecule has 2 N–H and O–H groups in total. The lowest BCUT2D eigenvalue weighted by atomic mass is 10.2. The van der Waals surface area contributed by atoms with Gasteiger partial charge in [0.2, 0.25) is 0 Å². The number of esters is 1. The molecule has 0 aliphatic heterocycles. The van der Waals surface area contributed by atoms with Crippen molar-refractivity contribution in [3.8, 4) is 0 Å². The number of nitrogen functional groups attached to an aromatic ring is 1. The minimum atomic E-state index is -0.525. The SMILES string of the molecule is CCOCCOC(=O)c1c(N)cccc1Cl. The van der Waals surface area contributed by atoms with E-state index in [1.54, 1.807) is 18.2 Å². The van der Waals surface area contributed by atoms with Crippen molar-refractivity contribution in [2.45, 2.75) is 6.92 Å². The number of halogens is 1. The topological polar surface area (TPSA) is 61.5 Å². The van der Waals surface area contributed by atoms with Gasteiger partial charge in [0.05, 0.1) is 11.6 Å². The second-order valence-corrected chi connectivity index (χ2v) is 3.44. The number of ether oxygens (including phenoxy) is 2. The molecule has 5 heteroatoms. The van der Waals surface area contributed by atoms with Crippen LogP contribution in [0, 0.1) is 0 Å². The number of hydrogen-bond donors (Lipinski definition) is 1. The zero-order valence-electron chi connectivity index (χ0n) is 9.03. The van der Waals surface area contributed by atoms with Gasteiger partial charge >= 0.3 is 5.97 Å². The van der Waals surface area contributed by atoms with E-state index in [9.17, 15) is 4.79 Å². The Hall–Kier alpha value is -1.26. The van der Waals surface area contributed by atoms with Gasteiger partial charge in [-0.3, -0.25) is 0 Å². The smallest absolute Gasteiger partial charge is 0.341 e. The normalized spacial score (nSPS) is 10.1. The zero-order valence-corrected chi connectivity index (χ0v) is 9.79. The van der Waals surface area contributed by atoms with Crippen LogP contribution in [0.3, 0.4) is 0 Å².